The number of amides is 1. The van der Waals surface area contributed by atoms with Crippen LogP contribution in [0.5, 0.6) is 0 Å². The van der Waals surface area contributed by atoms with Crippen LogP contribution >= 0.6 is 0 Å². The average molecular weight is 341 g/mol. The first-order valence-corrected chi connectivity index (χ1v) is 8.73. The number of hydrogen-bond acceptors (Lipinski definition) is 3. The first-order valence-electron chi connectivity index (χ1n) is 8.73. The Labute approximate surface area is 147 Å². The van der Waals surface area contributed by atoms with Crippen LogP contribution in [0.3, 0.4) is 0 Å². The molecule has 132 valence electrons. The fourth-order valence-electron chi connectivity index (χ4n) is 3.25. The zero-order chi connectivity index (χ0) is 17.6. The second-order valence-electron chi connectivity index (χ2n) is 6.53. The van der Waals surface area contributed by atoms with Gasteiger partial charge >= 0.3 is 0 Å². The largest absolute Gasteiger partial charge is 0.355 e. The highest BCUT2D eigenvalue weighted by Crippen LogP contribution is 2.28. The maximum atomic E-state index is 12.9. The van der Waals surface area contributed by atoms with Crippen molar-refractivity contribution in [3.63, 3.8) is 0 Å². The number of hydrazine groups is 1. The molecule has 2 aromatic rings. The highest BCUT2D eigenvalue weighted by Gasteiger charge is 2.37. The van der Waals surface area contributed by atoms with Crippen LogP contribution in [0, 0.1) is 11.7 Å². The third-order valence-electron chi connectivity index (χ3n) is 4.74. The van der Waals surface area contributed by atoms with E-state index < -0.39 is 0 Å². The molecule has 3 N–H and O–H groups in total. The summed E-state index contributed by atoms with van der Waals surface area (Å²) in [6.07, 6.45) is 1.65. The molecule has 3 unspecified atom stereocenters. The normalized spacial score (nSPS) is 22.7. The Morgan fingerprint density at radius 3 is 2.52 bits per heavy atom. The molecule has 1 saturated heterocycles. The molecule has 4 nitrogen and oxygen atoms in total. The summed E-state index contributed by atoms with van der Waals surface area (Å²) >= 11 is 0. The molecule has 1 heterocycles. The fraction of sp³-hybridized carbons (Fsp3) is 0.350. The number of carbonyl (C=O) groups is 1. The van der Waals surface area contributed by atoms with Gasteiger partial charge in [0.1, 0.15) is 11.9 Å². The quantitative estimate of drug-likeness (QED) is 0.708. The summed E-state index contributed by atoms with van der Waals surface area (Å²) in [6.45, 7) is 2.69. The molecule has 1 aliphatic heterocycles. The van der Waals surface area contributed by atoms with Crippen LogP contribution in [-0.2, 0) is 11.2 Å². The lowest BCUT2D eigenvalue weighted by Gasteiger charge is -2.18. The first-order chi connectivity index (χ1) is 12.1. The summed E-state index contributed by atoms with van der Waals surface area (Å²) in [5.41, 5.74) is 8.60. The van der Waals surface area contributed by atoms with Crippen LogP contribution in [-0.4, -0.2) is 18.5 Å². The average Bonchev–Trinajstić information content (AvgIpc) is 3.02. The molecule has 1 aliphatic rings. The van der Waals surface area contributed by atoms with Gasteiger partial charge in [0.15, 0.2) is 0 Å². The third kappa shape index (κ3) is 4.44. The minimum atomic E-state index is -0.254. The maximum Gasteiger partial charge on any atom is 0.238 e. The molecule has 3 atom stereocenters. The van der Waals surface area contributed by atoms with Crippen molar-refractivity contribution >= 4 is 5.91 Å². The minimum Gasteiger partial charge on any atom is -0.355 e. The van der Waals surface area contributed by atoms with Gasteiger partial charge in [-0.15, -0.1) is 0 Å². The van der Waals surface area contributed by atoms with Crippen molar-refractivity contribution in [1.82, 2.24) is 16.2 Å². The Morgan fingerprint density at radius 1 is 1.08 bits per heavy atom. The fourth-order valence-corrected chi connectivity index (χ4v) is 3.25. The van der Waals surface area contributed by atoms with Crippen molar-refractivity contribution in [1.29, 1.82) is 0 Å². The van der Waals surface area contributed by atoms with E-state index in [9.17, 15) is 9.18 Å². The zero-order valence-electron chi connectivity index (χ0n) is 14.3. The van der Waals surface area contributed by atoms with E-state index in [1.165, 1.54) is 17.7 Å². The number of aryl methyl sites for hydroxylation is 1. The predicted molar refractivity (Wildman–Crippen MR) is 96.1 cm³/mol. The van der Waals surface area contributed by atoms with Crippen molar-refractivity contribution < 1.29 is 9.18 Å². The molecule has 1 fully saturated rings. The molecule has 2 aromatic carbocycles. The first kappa shape index (κ1) is 17.6. The molecule has 0 saturated carbocycles. The number of nitrogens with one attached hydrogen (secondary N) is 3. The third-order valence-corrected chi connectivity index (χ3v) is 4.74. The molecule has 1 amide bonds. The minimum absolute atomic E-state index is 0.0116. The van der Waals surface area contributed by atoms with Crippen LogP contribution in [0.1, 0.15) is 30.5 Å². The second kappa shape index (κ2) is 8.23. The van der Waals surface area contributed by atoms with Gasteiger partial charge in [-0.3, -0.25) is 4.79 Å². The smallest absolute Gasteiger partial charge is 0.238 e. The zero-order valence-corrected chi connectivity index (χ0v) is 14.3. The Morgan fingerprint density at radius 2 is 1.80 bits per heavy atom. The Kier molecular flexibility index (Phi) is 5.79. The molecule has 0 bridgehead atoms. The van der Waals surface area contributed by atoms with E-state index in [-0.39, 0.29) is 29.7 Å². The Balaban J connectivity index is 1.45. The summed E-state index contributed by atoms with van der Waals surface area (Å²) in [7, 11) is 0. The lowest BCUT2D eigenvalue weighted by Crippen LogP contribution is -2.45. The molecule has 0 aliphatic carbocycles. The van der Waals surface area contributed by atoms with Gasteiger partial charge in [-0.2, -0.15) is 0 Å². The Bertz CT molecular complexity index is 690. The number of rotatable bonds is 6. The lowest BCUT2D eigenvalue weighted by atomic mass is 9.91. The molecule has 0 spiro atoms. The monoisotopic (exact) mass is 341 g/mol. The van der Waals surface area contributed by atoms with E-state index in [1.54, 1.807) is 12.1 Å². The standard InChI is InChI=1S/C20H24FN3O/c1-14-18(16-7-3-2-4-8-16)23-24-19(14)20(25)22-13-5-6-15-9-11-17(21)12-10-15/h2-4,7-12,14,18-19,23-24H,5-6,13H2,1H3,(H,22,25). The predicted octanol–water partition coefficient (Wildman–Crippen LogP) is 2.73. The van der Waals surface area contributed by atoms with Gasteiger partial charge in [0.25, 0.3) is 0 Å². The topological polar surface area (TPSA) is 53.2 Å². The van der Waals surface area contributed by atoms with Crippen LogP contribution in [0.25, 0.3) is 0 Å². The second-order valence-corrected chi connectivity index (χ2v) is 6.53. The highest BCUT2D eigenvalue weighted by molar-refractivity contribution is 5.82. The molecule has 0 radical (unpaired) electrons. The summed E-state index contributed by atoms with van der Waals surface area (Å²) < 4.78 is 12.9. The summed E-state index contributed by atoms with van der Waals surface area (Å²) in [5.74, 6) is -0.0594. The van der Waals surface area contributed by atoms with Crippen LogP contribution in [0.4, 0.5) is 4.39 Å². The molecule has 25 heavy (non-hydrogen) atoms. The van der Waals surface area contributed by atoms with Gasteiger partial charge in [0.05, 0.1) is 6.04 Å². The number of hydrogen-bond donors (Lipinski definition) is 3. The van der Waals surface area contributed by atoms with Crippen LogP contribution < -0.4 is 16.2 Å². The number of halogens is 1. The van der Waals surface area contributed by atoms with Crippen LogP contribution in [0.15, 0.2) is 54.6 Å². The van der Waals surface area contributed by atoms with Gasteiger partial charge in [-0.25, -0.2) is 15.2 Å². The lowest BCUT2D eigenvalue weighted by molar-refractivity contribution is -0.123. The summed E-state index contributed by atoms with van der Waals surface area (Å²) in [4.78, 5) is 12.4. The molecule has 0 aromatic heterocycles. The molecular weight excluding hydrogens is 317 g/mol. The Hall–Kier alpha value is -2.24. The molecule has 5 heteroatoms. The van der Waals surface area contributed by atoms with Crippen molar-refractivity contribution in [2.45, 2.75) is 31.8 Å². The van der Waals surface area contributed by atoms with E-state index in [2.05, 4.69) is 35.2 Å². The van der Waals surface area contributed by atoms with Crippen molar-refractivity contribution in [2.75, 3.05) is 6.54 Å². The van der Waals surface area contributed by atoms with E-state index >= 15 is 0 Å². The van der Waals surface area contributed by atoms with Gasteiger partial charge in [0.2, 0.25) is 5.91 Å². The van der Waals surface area contributed by atoms with Gasteiger partial charge in [-0.05, 0) is 36.1 Å². The van der Waals surface area contributed by atoms with Crippen molar-refractivity contribution in [2.24, 2.45) is 5.92 Å². The highest BCUT2D eigenvalue weighted by atomic mass is 19.1. The van der Waals surface area contributed by atoms with Crippen molar-refractivity contribution in [3.05, 3.63) is 71.5 Å². The van der Waals surface area contributed by atoms with Gasteiger partial charge < -0.3 is 5.32 Å². The van der Waals surface area contributed by atoms with Crippen molar-refractivity contribution in [3.8, 4) is 0 Å². The molecular formula is C20H24FN3O. The van der Waals surface area contributed by atoms with E-state index in [4.69, 9.17) is 0 Å². The SMILES string of the molecule is CC1C(C(=O)NCCCc2ccc(F)cc2)NNC1c1ccccc1. The number of benzene rings is 2. The maximum absolute atomic E-state index is 12.9. The van der Waals surface area contributed by atoms with Gasteiger partial charge in [0, 0.05) is 12.5 Å². The van der Waals surface area contributed by atoms with Crippen LogP contribution in [0.2, 0.25) is 0 Å². The van der Waals surface area contributed by atoms with E-state index in [0.29, 0.717) is 6.54 Å². The van der Waals surface area contributed by atoms with Gasteiger partial charge in [-0.1, -0.05) is 49.4 Å². The summed E-state index contributed by atoms with van der Waals surface area (Å²) in [6, 6.07) is 16.5. The molecule has 3 rings (SSSR count). The van der Waals surface area contributed by atoms with E-state index in [0.717, 1.165) is 18.4 Å². The summed E-state index contributed by atoms with van der Waals surface area (Å²) in [5, 5.41) is 2.99. The van der Waals surface area contributed by atoms with E-state index in [1.807, 2.05) is 18.2 Å². The number of carbonyl (C=O) groups excluding carboxylic acids is 1.